The molecule has 0 fully saturated rings. The number of ether oxygens (including phenoxy) is 1. The summed E-state index contributed by atoms with van der Waals surface area (Å²) in [5, 5.41) is 0. The van der Waals surface area contributed by atoms with Crippen LogP contribution in [0.2, 0.25) is 25.7 Å². The molecule has 0 atom stereocenters. The van der Waals surface area contributed by atoms with Crippen molar-refractivity contribution in [2.45, 2.75) is 32.3 Å². The third-order valence-electron chi connectivity index (χ3n) is 2.21. The number of hydrogen-bond donors (Lipinski definition) is 0. The SMILES string of the molecule is C[Si](C)(C)CC=CC(=O)OCc1ccccc1. The molecule has 2 nitrogen and oxygen atoms in total. The number of rotatable bonds is 5. The maximum atomic E-state index is 11.4. The minimum atomic E-state index is -1.11. The average molecular weight is 248 g/mol. The van der Waals surface area contributed by atoms with Crippen molar-refractivity contribution in [3.05, 3.63) is 48.0 Å². The van der Waals surface area contributed by atoms with Crippen LogP contribution in [0.15, 0.2) is 42.5 Å². The van der Waals surface area contributed by atoms with Crippen LogP contribution in [0.5, 0.6) is 0 Å². The van der Waals surface area contributed by atoms with E-state index in [4.69, 9.17) is 4.74 Å². The highest BCUT2D eigenvalue weighted by molar-refractivity contribution is 6.76. The van der Waals surface area contributed by atoms with Gasteiger partial charge >= 0.3 is 5.97 Å². The number of benzene rings is 1. The van der Waals surface area contributed by atoms with Crippen LogP contribution in [0.3, 0.4) is 0 Å². The fraction of sp³-hybridized carbons (Fsp3) is 0.357. The Morgan fingerprint density at radius 2 is 1.88 bits per heavy atom. The first-order valence-corrected chi connectivity index (χ1v) is 9.55. The van der Waals surface area contributed by atoms with E-state index in [0.29, 0.717) is 6.61 Å². The molecule has 0 aliphatic rings. The lowest BCUT2D eigenvalue weighted by Crippen LogP contribution is -2.17. The fourth-order valence-corrected chi connectivity index (χ4v) is 2.11. The van der Waals surface area contributed by atoms with Crippen LogP contribution >= 0.6 is 0 Å². The normalized spacial score (nSPS) is 11.7. The lowest BCUT2D eigenvalue weighted by atomic mass is 10.2. The van der Waals surface area contributed by atoms with E-state index in [1.54, 1.807) is 6.08 Å². The Hall–Kier alpha value is -1.35. The summed E-state index contributed by atoms with van der Waals surface area (Å²) in [6, 6.07) is 10.7. The van der Waals surface area contributed by atoms with Gasteiger partial charge in [-0.2, -0.15) is 0 Å². The van der Waals surface area contributed by atoms with Crippen LogP contribution in [0, 0.1) is 0 Å². The van der Waals surface area contributed by atoms with Gasteiger partial charge in [-0.15, -0.1) is 0 Å². The van der Waals surface area contributed by atoms with Gasteiger partial charge in [0.1, 0.15) is 6.61 Å². The maximum absolute atomic E-state index is 11.4. The molecule has 0 saturated carbocycles. The molecule has 1 rings (SSSR count). The highest BCUT2D eigenvalue weighted by Crippen LogP contribution is 2.08. The molecule has 1 aromatic rings. The molecule has 92 valence electrons. The standard InChI is InChI=1S/C14H20O2Si/c1-17(2,3)11-7-10-14(15)16-12-13-8-5-4-6-9-13/h4-10H,11-12H2,1-3H3. The van der Waals surface area contributed by atoms with Crippen LogP contribution in [-0.4, -0.2) is 14.0 Å². The molecular weight excluding hydrogens is 228 g/mol. The minimum Gasteiger partial charge on any atom is -0.458 e. The summed E-state index contributed by atoms with van der Waals surface area (Å²) in [7, 11) is -1.11. The maximum Gasteiger partial charge on any atom is 0.330 e. The molecule has 0 aliphatic heterocycles. The highest BCUT2D eigenvalue weighted by atomic mass is 28.3. The van der Waals surface area contributed by atoms with E-state index < -0.39 is 8.07 Å². The molecule has 0 radical (unpaired) electrons. The Kier molecular flexibility index (Phi) is 5.16. The summed E-state index contributed by atoms with van der Waals surface area (Å²) in [5.41, 5.74) is 1.01. The van der Waals surface area contributed by atoms with Gasteiger partial charge in [0, 0.05) is 14.1 Å². The summed E-state index contributed by atoms with van der Waals surface area (Å²) < 4.78 is 5.13. The second-order valence-corrected chi connectivity index (χ2v) is 10.8. The Morgan fingerprint density at radius 3 is 2.47 bits per heavy atom. The molecule has 0 heterocycles. The Balaban J connectivity index is 2.31. The van der Waals surface area contributed by atoms with E-state index in [9.17, 15) is 4.79 Å². The molecule has 0 N–H and O–H groups in total. The molecule has 0 bridgehead atoms. The lowest BCUT2D eigenvalue weighted by molar-refractivity contribution is -0.139. The molecule has 0 unspecified atom stereocenters. The van der Waals surface area contributed by atoms with Crippen LogP contribution in [0.4, 0.5) is 0 Å². The first-order chi connectivity index (χ1) is 7.97. The van der Waals surface area contributed by atoms with Gasteiger partial charge in [0.15, 0.2) is 0 Å². The van der Waals surface area contributed by atoms with E-state index in [2.05, 4.69) is 19.6 Å². The quantitative estimate of drug-likeness (QED) is 0.452. The topological polar surface area (TPSA) is 26.3 Å². The van der Waals surface area contributed by atoms with Crippen molar-refractivity contribution < 1.29 is 9.53 Å². The Morgan fingerprint density at radius 1 is 1.24 bits per heavy atom. The van der Waals surface area contributed by atoms with Crippen LogP contribution < -0.4 is 0 Å². The largest absolute Gasteiger partial charge is 0.458 e. The lowest BCUT2D eigenvalue weighted by Gasteiger charge is -2.11. The Labute approximate surface area is 104 Å². The van der Waals surface area contributed by atoms with Gasteiger partial charge in [0.05, 0.1) is 0 Å². The van der Waals surface area contributed by atoms with Crippen LogP contribution in [0.25, 0.3) is 0 Å². The van der Waals surface area contributed by atoms with E-state index in [-0.39, 0.29) is 5.97 Å². The summed E-state index contributed by atoms with van der Waals surface area (Å²) in [6.07, 6.45) is 3.47. The predicted molar refractivity (Wildman–Crippen MR) is 73.5 cm³/mol. The van der Waals surface area contributed by atoms with Gasteiger partial charge in [0.2, 0.25) is 0 Å². The van der Waals surface area contributed by atoms with Crippen molar-refractivity contribution >= 4 is 14.0 Å². The van der Waals surface area contributed by atoms with Gasteiger partial charge < -0.3 is 4.74 Å². The molecule has 0 aromatic heterocycles. The molecule has 0 amide bonds. The van der Waals surface area contributed by atoms with Gasteiger partial charge in [-0.3, -0.25) is 0 Å². The summed E-state index contributed by atoms with van der Waals surface area (Å²) in [6.45, 7) is 7.16. The second kappa shape index (κ2) is 6.40. The van der Waals surface area contributed by atoms with Crippen molar-refractivity contribution in [1.82, 2.24) is 0 Å². The molecule has 0 saturated heterocycles. The van der Waals surface area contributed by atoms with E-state index in [1.807, 2.05) is 36.4 Å². The van der Waals surface area contributed by atoms with Crippen molar-refractivity contribution in [1.29, 1.82) is 0 Å². The van der Waals surface area contributed by atoms with Gasteiger partial charge in [0.25, 0.3) is 0 Å². The molecule has 17 heavy (non-hydrogen) atoms. The summed E-state index contributed by atoms with van der Waals surface area (Å²) in [4.78, 5) is 11.4. The van der Waals surface area contributed by atoms with E-state index in [1.165, 1.54) is 0 Å². The van der Waals surface area contributed by atoms with Crippen molar-refractivity contribution in [3.8, 4) is 0 Å². The van der Waals surface area contributed by atoms with Crippen molar-refractivity contribution in [2.75, 3.05) is 0 Å². The van der Waals surface area contributed by atoms with E-state index in [0.717, 1.165) is 11.6 Å². The monoisotopic (exact) mass is 248 g/mol. The molecular formula is C14H20O2Si. The fourth-order valence-electron chi connectivity index (χ4n) is 1.29. The smallest absolute Gasteiger partial charge is 0.330 e. The first kappa shape index (κ1) is 13.7. The van der Waals surface area contributed by atoms with Crippen LogP contribution in [0.1, 0.15) is 5.56 Å². The molecule has 1 aromatic carbocycles. The number of esters is 1. The number of carbonyl (C=O) groups excluding carboxylic acids is 1. The zero-order valence-electron chi connectivity index (χ0n) is 10.8. The van der Waals surface area contributed by atoms with E-state index >= 15 is 0 Å². The van der Waals surface area contributed by atoms with Gasteiger partial charge in [-0.05, 0) is 11.6 Å². The first-order valence-electron chi connectivity index (χ1n) is 5.84. The molecule has 3 heteroatoms. The van der Waals surface area contributed by atoms with Crippen molar-refractivity contribution in [2.24, 2.45) is 0 Å². The number of hydrogen-bond acceptors (Lipinski definition) is 2. The van der Waals surface area contributed by atoms with Crippen molar-refractivity contribution in [3.63, 3.8) is 0 Å². The molecule has 0 aliphatic carbocycles. The Bertz CT molecular complexity index is 377. The average Bonchev–Trinajstić information content (AvgIpc) is 2.26. The van der Waals surface area contributed by atoms with Gasteiger partial charge in [-0.1, -0.05) is 56.0 Å². The number of allylic oxidation sites excluding steroid dienone is 1. The summed E-state index contributed by atoms with van der Waals surface area (Å²) in [5.74, 6) is -0.257. The molecule has 0 spiro atoms. The minimum absolute atomic E-state index is 0.257. The zero-order valence-corrected chi connectivity index (χ0v) is 11.8. The summed E-state index contributed by atoms with van der Waals surface area (Å²) >= 11 is 0. The highest BCUT2D eigenvalue weighted by Gasteiger charge is 2.10. The third-order valence-corrected chi connectivity index (χ3v) is 3.67. The van der Waals surface area contributed by atoms with Gasteiger partial charge in [-0.25, -0.2) is 4.79 Å². The number of carbonyl (C=O) groups is 1. The van der Waals surface area contributed by atoms with Crippen LogP contribution in [-0.2, 0) is 16.1 Å². The third kappa shape index (κ3) is 6.74. The second-order valence-electron chi connectivity index (χ2n) is 5.26. The predicted octanol–water partition coefficient (Wildman–Crippen LogP) is 3.62. The zero-order chi connectivity index (χ0) is 12.7.